The van der Waals surface area contributed by atoms with Crippen molar-refractivity contribution in [2.75, 3.05) is 6.54 Å². The van der Waals surface area contributed by atoms with Crippen molar-refractivity contribution >= 4 is 11.9 Å². The van der Waals surface area contributed by atoms with Crippen LogP contribution in [0.4, 0.5) is 0 Å². The van der Waals surface area contributed by atoms with Gasteiger partial charge in [0, 0.05) is 18.5 Å². The molecule has 1 aliphatic heterocycles. The Bertz CT molecular complexity index is 348. The van der Waals surface area contributed by atoms with Crippen molar-refractivity contribution in [2.24, 2.45) is 11.8 Å². The van der Waals surface area contributed by atoms with Gasteiger partial charge in [-0.15, -0.1) is 0 Å². The second-order valence-corrected chi connectivity index (χ2v) is 6.40. The lowest BCUT2D eigenvalue weighted by atomic mass is 9.86. The summed E-state index contributed by atoms with van der Waals surface area (Å²) < 4.78 is 0. The van der Waals surface area contributed by atoms with Gasteiger partial charge in [0.25, 0.3) is 0 Å². The Morgan fingerprint density at radius 3 is 2.15 bits per heavy atom. The normalized spacial score (nSPS) is 29.6. The van der Waals surface area contributed by atoms with Gasteiger partial charge in [0.2, 0.25) is 5.91 Å². The maximum atomic E-state index is 12.7. The van der Waals surface area contributed by atoms with E-state index in [0.717, 1.165) is 38.6 Å². The molecule has 1 saturated carbocycles. The van der Waals surface area contributed by atoms with E-state index in [0.29, 0.717) is 6.42 Å². The number of aliphatic carboxylic acids is 1. The second kappa shape index (κ2) is 7.09. The van der Waals surface area contributed by atoms with Crippen LogP contribution in [-0.4, -0.2) is 34.5 Å². The predicted octanol–water partition coefficient (Wildman–Crippen LogP) is 3.06. The van der Waals surface area contributed by atoms with Crippen molar-refractivity contribution in [1.82, 2.24) is 4.90 Å². The molecule has 0 bridgehead atoms. The summed E-state index contributed by atoms with van der Waals surface area (Å²) in [4.78, 5) is 25.9. The van der Waals surface area contributed by atoms with E-state index >= 15 is 0 Å². The zero-order valence-electron chi connectivity index (χ0n) is 12.5. The Kier molecular flexibility index (Phi) is 5.44. The number of hydrogen-bond acceptors (Lipinski definition) is 2. The van der Waals surface area contributed by atoms with E-state index in [9.17, 15) is 14.7 Å². The third kappa shape index (κ3) is 3.53. The fourth-order valence-electron chi connectivity index (χ4n) is 3.72. The summed E-state index contributed by atoms with van der Waals surface area (Å²) in [6, 6.07) is -0.154. The first-order valence-electron chi connectivity index (χ1n) is 8.14. The van der Waals surface area contributed by atoms with Gasteiger partial charge in [-0.3, -0.25) is 9.59 Å². The van der Waals surface area contributed by atoms with Crippen LogP contribution in [0.25, 0.3) is 0 Å². The molecule has 2 atom stereocenters. The van der Waals surface area contributed by atoms with Gasteiger partial charge < -0.3 is 10.0 Å². The highest BCUT2D eigenvalue weighted by Crippen LogP contribution is 2.29. The topological polar surface area (TPSA) is 57.6 Å². The summed E-state index contributed by atoms with van der Waals surface area (Å²) in [5.74, 6) is -0.801. The van der Waals surface area contributed by atoms with Gasteiger partial charge in [-0.1, -0.05) is 32.1 Å². The quantitative estimate of drug-likeness (QED) is 0.846. The molecule has 1 heterocycles. The number of amides is 1. The summed E-state index contributed by atoms with van der Waals surface area (Å²) in [5.41, 5.74) is 0. The Labute approximate surface area is 121 Å². The number of carbonyl (C=O) groups is 2. The number of hydrogen-bond donors (Lipinski definition) is 1. The van der Waals surface area contributed by atoms with Gasteiger partial charge >= 0.3 is 5.97 Å². The first-order valence-corrected chi connectivity index (χ1v) is 8.14. The fraction of sp³-hybridized carbons (Fsp3) is 0.875. The summed E-state index contributed by atoms with van der Waals surface area (Å²) in [7, 11) is 0. The van der Waals surface area contributed by atoms with E-state index in [2.05, 4.69) is 0 Å². The highest BCUT2D eigenvalue weighted by molar-refractivity contribution is 5.80. The van der Waals surface area contributed by atoms with Crippen molar-refractivity contribution in [3.63, 3.8) is 0 Å². The Hall–Kier alpha value is -1.06. The molecule has 0 aromatic heterocycles. The number of likely N-dealkylation sites (tertiary alicyclic amines) is 1. The standard InChI is InChI=1S/C16H27NO3/c1-12-14(16(19)20)10-7-11-17(12)15(18)13-8-5-3-2-4-6-9-13/h12-14H,2-11H2,1H3,(H,19,20)/t12-,14-/m1/s1. The fourth-order valence-corrected chi connectivity index (χ4v) is 3.72. The molecule has 0 aromatic carbocycles. The van der Waals surface area contributed by atoms with Crippen LogP contribution in [0, 0.1) is 11.8 Å². The molecule has 0 aromatic rings. The minimum absolute atomic E-state index is 0.130. The van der Waals surface area contributed by atoms with E-state index < -0.39 is 5.97 Å². The van der Waals surface area contributed by atoms with Crippen LogP contribution in [0.2, 0.25) is 0 Å². The molecule has 1 N–H and O–H groups in total. The molecular weight excluding hydrogens is 254 g/mol. The van der Waals surface area contributed by atoms with E-state index in [4.69, 9.17) is 0 Å². The molecule has 20 heavy (non-hydrogen) atoms. The lowest BCUT2D eigenvalue weighted by Gasteiger charge is -2.39. The Balaban J connectivity index is 2.00. The Morgan fingerprint density at radius 2 is 1.55 bits per heavy atom. The molecular formula is C16H27NO3. The van der Waals surface area contributed by atoms with E-state index in [1.165, 1.54) is 19.3 Å². The molecule has 1 aliphatic carbocycles. The number of piperidine rings is 1. The minimum atomic E-state index is -0.757. The van der Waals surface area contributed by atoms with Gasteiger partial charge in [0.15, 0.2) is 0 Å². The molecule has 4 heteroatoms. The van der Waals surface area contributed by atoms with Crippen molar-refractivity contribution in [1.29, 1.82) is 0 Å². The van der Waals surface area contributed by atoms with Gasteiger partial charge in [-0.2, -0.15) is 0 Å². The molecule has 0 spiro atoms. The smallest absolute Gasteiger partial charge is 0.308 e. The number of nitrogens with zero attached hydrogens (tertiary/aromatic N) is 1. The number of rotatable bonds is 2. The summed E-state index contributed by atoms with van der Waals surface area (Å²) in [6.45, 7) is 2.64. The third-order valence-electron chi connectivity index (χ3n) is 5.04. The molecule has 0 radical (unpaired) electrons. The number of carboxylic acid groups (broad SMARTS) is 1. The minimum Gasteiger partial charge on any atom is -0.481 e. The summed E-state index contributed by atoms with van der Waals surface area (Å²) in [6.07, 6.45) is 9.53. The van der Waals surface area contributed by atoms with E-state index in [-0.39, 0.29) is 23.8 Å². The Morgan fingerprint density at radius 1 is 0.950 bits per heavy atom. The first kappa shape index (κ1) is 15.3. The maximum Gasteiger partial charge on any atom is 0.308 e. The highest BCUT2D eigenvalue weighted by Gasteiger charge is 2.37. The van der Waals surface area contributed by atoms with Gasteiger partial charge in [0.1, 0.15) is 0 Å². The van der Waals surface area contributed by atoms with Crippen molar-refractivity contribution in [3.05, 3.63) is 0 Å². The van der Waals surface area contributed by atoms with Gasteiger partial charge in [0.05, 0.1) is 5.92 Å². The van der Waals surface area contributed by atoms with Crippen LogP contribution in [-0.2, 0) is 9.59 Å². The SMILES string of the molecule is C[C@@H]1[C@H](C(=O)O)CCCN1C(=O)C1CCCCCCC1. The summed E-state index contributed by atoms with van der Waals surface area (Å²) in [5, 5.41) is 9.26. The molecule has 4 nitrogen and oxygen atoms in total. The highest BCUT2D eigenvalue weighted by atomic mass is 16.4. The largest absolute Gasteiger partial charge is 0.481 e. The molecule has 2 rings (SSSR count). The van der Waals surface area contributed by atoms with E-state index in [1.807, 2.05) is 11.8 Å². The van der Waals surface area contributed by atoms with Crippen LogP contribution in [0.15, 0.2) is 0 Å². The molecule has 2 aliphatic rings. The third-order valence-corrected chi connectivity index (χ3v) is 5.04. The average molecular weight is 281 g/mol. The predicted molar refractivity (Wildman–Crippen MR) is 77.3 cm³/mol. The van der Waals surface area contributed by atoms with Crippen molar-refractivity contribution in [3.8, 4) is 0 Å². The van der Waals surface area contributed by atoms with Gasteiger partial charge in [-0.05, 0) is 32.6 Å². The van der Waals surface area contributed by atoms with Crippen LogP contribution in [0.3, 0.4) is 0 Å². The lowest BCUT2D eigenvalue weighted by molar-refractivity contribution is -0.150. The van der Waals surface area contributed by atoms with E-state index in [1.54, 1.807) is 0 Å². The first-order chi connectivity index (χ1) is 9.61. The maximum absolute atomic E-state index is 12.7. The van der Waals surface area contributed by atoms with Gasteiger partial charge in [-0.25, -0.2) is 0 Å². The van der Waals surface area contributed by atoms with Crippen LogP contribution < -0.4 is 0 Å². The van der Waals surface area contributed by atoms with Crippen LogP contribution in [0.1, 0.15) is 64.7 Å². The number of carboxylic acids is 1. The summed E-state index contributed by atoms with van der Waals surface area (Å²) >= 11 is 0. The van der Waals surface area contributed by atoms with Crippen LogP contribution >= 0.6 is 0 Å². The molecule has 0 unspecified atom stereocenters. The molecule has 2 fully saturated rings. The second-order valence-electron chi connectivity index (χ2n) is 6.40. The molecule has 1 amide bonds. The van der Waals surface area contributed by atoms with Crippen molar-refractivity contribution < 1.29 is 14.7 Å². The van der Waals surface area contributed by atoms with Crippen molar-refractivity contribution in [2.45, 2.75) is 70.8 Å². The number of carbonyl (C=O) groups excluding carboxylic acids is 1. The molecule has 114 valence electrons. The zero-order chi connectivity index (χ0) is 14.5. The lowest BCUT2D eigenvalue weighted by Crippen LogP contribution is -2.51. The molecule has 1 saturated heterocycles. The monoisotopic (exact) mass is 281 g/mol. The van der Waals surface area contributed by atoms with Crippen LogP contribution in [0.5, 0.6) is 0 Å². The average Bonchev–Trinajstić information content (AvgIpc) is 2.37. The zero-order valence-corrected chi connectivity index (χ0v) is 12.5.